The molecule has 0 saturated carbocycles. The minimum absolute atomic E-state index is 0.182. The van der Waals surface area contributed by atoms with Crippen LogP contribution in [0.15, 0.2) is 12.3 Å². The Morgan fingerprint density at radius 2 is 2.25 bits per heavy atom. The lowest BCUT2D eigenvalue weighted by atomic mass is 10.4. The first-order chi connectivity index (χ1) is 7.50. The Bertz CT molecular complexity index is 346. The van der Waals surface area contributed by atoms with Crippen LogP contribution in [-0.4, -0.2) is 33.6 Å². The number of urea groups is 1. The summed E-state index contributed by atoms with van der Waals surface area (Å²) in [6.07, 6.45) is 1.07. The normalized spacial score (nSPS) is 12.6. The molecular weight excluding hydrogens is 208 g/mol. The Labute approximate surface area is 94.6 Å². The van der Waals surface area contributed by atoms with Gasteiger partial charge in [-0.15, -0.1) is 0 Å². The largest absolute Gasteiger partial charge is 0.392 e. The summed E-state index contributed by atoms with van der Waals surface area (Å²) in [5, 5.41) is 18.3. The van der Waals surface area contributed by atoms with E-state index in [0.717, 1.165) is 0 Å². The van der Waals surface area contributed by atoms with Gasteiger partial charge in [-0.3, -0.25) is 5.32 Å². The summed E-state index contributed by atoms with van der Waals surface area (Å²) in [6.45, 7) is 5.79. The van der Waals surface area contributed by atoms with Crippen molar-refractivity contribution in [3.05, 3.63) is 12.3 Å². The van der Waals surface area contributed by atoms with Crippen LogP contribution in [-0.2, 0) is 0 Å². The lowest BCUT2D eigenvalue weighted by molar-refractivity contribution is 0.190. The third kappa shape index (κ3) is 3.54. The Morgan fingerprint density at radius 3 is 2.81 bits per heavy atom. The Hall–Kier alpha value is -1.56. The molecular formula is C10H18N4O2. The lowest BCUT2D eigenvalue weighted by Crippen LogP contribution is -2.34. The highest BCUT2D eigenvalue weighted by Gasteiger charge is 2.09. The van der Waals surface area contributed by atoms with Crippen LogP contribution in [0.2, 0.25) is 0 Å². The number of aliphatic hydroxyl groups excluding tert-OH is 1. The third-order valence-corrected chi connectivity index (χ3v) is 1.96. The zero-order valence-electron chi connectivity index (χ0n) is 9.77. The minimum Gasteiger partial charge on any atom is -0.392 e. The first kappa shape index (κ1) is 12.5. The second-order valence-electron chi connectivity index (χ2n) is 3.94. The molecule has 0 aliphatic rings. The van der Waals surface area contributed by atoms with Crippen LogP contribution in [0.4, 0.5) is 10.6 Å². The topological polar surface area (TPSA) is 79.2 Å². The van der Waals surface area contributed by atoms with E-state index in [4.69, 9.17) is 5.11 Å². The Morgan fingerprint density at radius 1 is 1.56 bits per heavy atom. The molecule has 1 atom stereocenters. The molecule has 0 aliphatic carbocycles. The van der Waals surface area contributed by atoms with E-state index in [-0.39, 0.29) is 18.6 Å². The highest BCUT2D eigenvalue weighted by atomic mass is 16.3. The van der Waals surface area contributed by atoms with E-state index in [0.29, 0.717) is 5.82 Å². The number of aliphatic hydroxyl groups is 1. The SMILES string of the molecule is CC(O)CNC(=O)Nc1ccnn1C(C)C. The molecule has 1 aromatic heterocycles. The predicted molar refractivity (Wildman–Crippen MR) is 61.3 cm³/mol. The first-order valence-corrected chi connectivity index (χ1v) is 5.27. The molecule has 1 aromatic rings. The van der Waals surface area contributed by atoms with E-state index in [1.54, 1.807) is 23.9 Å². The molecule has 0 aliphatic heterocycles. The first-order valence-electron chi connectivity index (χ1n) is 5.27. The number of anilines is 1. The van der Waals surface area contributed by atoms with Crippen molar-refractivity contribution in [2.45, 2.75) is 32.9 Å². The number of amides is 2. The molecule has 6 nitrogen and oxygen atoms in total. The van der Waals surface area contributed by atoms with Crippen molar-refractivity contribution in [1.29, 1.82) is 0 Å². The number of nitrogens with one attached hydrogen (secondary N) is 2. The Kier molecular flexibility index (Phi) is 4.30. The van der Waals surface area contributed by atoms with Gasteiger partial charge in [-0.05, 0) is 20.8 Å². The van der Waals surface area contributed by atoms with Gasteiger partial charge in [0.15, 0.2) is 0 Å². The molecule has 0 radical (unpaired) electrons. The summed E-state index contributed by atoms with van der Waals surface area (Å²) in [7, 11) is 0. The maximum Gasteiger partial charge on any atom is 0.320 e. The van der Waals surface area contributed by atoms with Crippen LogP contribution in [0, 0.1) is 0 Å². The summed E-state index contributed by atoms with van der Waals surface area (Å²) < 4.78 is 1.71. The summed E-state index contributed by atoms with van der Waals surface area (Å²) in [5.74, 6) is 0.637. The summed E-state index contributed by atoms with van der Waals surface area (Å²) >= 11 is 0. The predicted octanol–water partition coefficient (Wildman–Crippen LogP) is 0.966. The number of aromatic nitrogens is 2. The van der Waals surface area contributed by atoms with Gasteiger partial charge < -0.3 is 10.4 Å². The maximum absolute atomic E-state index is 11.4. The van der Waals surface area contributed by atoms with Crippen molar-refractivity contribution < 1.29 is 9.90 Å². The fourth-order valence-electron chi connectivity index (χ4n) is 1.23. The average Bonchev–Trinajstić information content (AvgIpc) is 2.62. The summed E-state index contributed by atoms with van der Waals surface area (Å²) in [4.78, 5) is 11.4. The number of carbonyl (C=O) groups is 1. The Balaban J connectivity index is 2.53. The molecule has 3 N–H and O–H groups in total. The van der Waals surface area contributed by atoms with Gasteiger partial charge in [0.05, 0.1) is 12.3 Å². The highest BCUT2D eigenvalue weighted by Crippen LogP contribution is 2.12. The smallest absolute Gasteiger partial charge is 0.320 e. The van der Waals surface area contributed by atoms with Crippen molar-refractivity contribution in [3.8, 4) is 0 Å². The molecule has 1 heterocycles. The van der Waals surface area contributed by atoms with Crippen molar-refractivity contribution in [1.82, 2.24) is 15.1 Å². The van der Waals surface area contributed by atoms with Crippen LogP contribution < -0.4 is 10.6 Å². The molecule has 16 heavy (non-hydrogen) atoms. The zero-order chi connectivity index (χ0) is 12.1. The van der Waals surface area contributed by atoms with Crippen LogP contribution in [0.1, 0.15) is 26.8 Å². The monoisotopic (exact) mass is 226 g/mol. The molecule has 2 amide bonds. The standard InChI is InChI=1S/C10H18N4O2/c1-7(2)14-9(4-5-12-14)13-10(16)11-6-8(3)15/h4-5,7-8,15H,6H2,1-3H3,(H2,11,13,16). The van der Waals surface area contributed by atoms with Gasteiger partial charge in [-0.1, -0.05) is 0 Å². The maximum atomic E-state index is 11.4. The molecule has 0 fully saturated rings. The van der Waals surface area contributed by atoms with Crippen molar-refractivity contribution in [2.24, 2.45) is 0 Å². The second kappa shape index (κ2) is 5.50. The van der Waals surface area contributed by atoms with Gasteiger partial charge in [-0.2, -0.15) is 5.10 Å². The van der Waals surface area contributed by atoms with Gasteiger partial charge in [-0.25, -0.2) is 9.48 Å². The van der Waals surface area contributed by atoms with E-state index >= 15 is 0 Å². The fourth-order valence-corrected chi connectivity index (χ4v) is 1.23. The van der Waals surface area contributed by atoms with Crippen molar-refractivity contribution in [3.63, 3.8) is 0 Å². The lowest BCUT2D eigenvalue weighted by Gasteiger charge is -2.12. The average molecular weight is 226 g/mol. The van der Waals surface area contributed by atoms with E-state index in [2.05, 4.69) is 15.7 Å². The highest BCUT2D eigenvalue weighted by molar-refractivity contribution is 5.88. The number of hydrogen-bond donors (Lipinski definition) is 3. The van der Waals surface area contributed by atoms with Crippen LogP contribution in [0.25, 0.3) is 0 Å². The van der Waals surface area contributed by atoms with E-state index in [9.17, 15) is 4.79 Å². The molecule has 90 valence electrons. The molecule has 0 bridgehead atoms. The fraction of sp³-hybridized carbons (Fsp3) is 0.600. The van der Waals surface area contributed by atoms with Gasteiger partial charge in [0.1, 0.15) is 5.82 Å². The van der Waals surface area contributed by atoms with Gasteiger partial charge in [0, 0.05) is 18.7 Å². The van der Waals surface area contributed by atoms with Crippen LogP contribution in [0.5, 0.6) is 0 Å². The number of carbonyl (C=O) groups excluding carboxylic acids is 1. The van der Waals surface area contributed by atoms with E-state index in [1.165, 1.54) is 0 Å². The summed E-state index contributed by atoms with van der Waals surface area (Å²) in [5.41, 5.74) is 0. The number of rotatable bonds is 4. The number of nitrogens with zero attached hydrogens (tertiary/aromatic N) is 2. The molecule has 0 saturated heterocycles. The molecule has 0 spiro atoms. The minimum atomic E-state index is -0.555. The zero-order valence-corrected chi connectivity index (χ0v) is 9.77. The van der Waals surface area contributed by atoms with Gasteiger partial charge in [0.25, 0.3) is 0 Å². The van der Waals surface area contributed by atoms with Crippen molar-refractivity contribution in [2.75, 3.05) is 11.9 Å². The van der Waals surface area contributed by atoms with Crippen LogP contribution >= 0.6 is 0 Å². The van der Waals surface area contributed by atoms with E-state index < -0.39 is 6.10 Å². The van der Waals surface area contributed by atoms with Crippen molar-refractivity contribution >= 4 is 11.8 Å². The molecule has 1 unspecified atom stereocenters. The van der Waals surface area contributed by atoms with Gasteiger partial charge >= 0.3 is 6.03 Å². The number of hydrogen-bond acceptors (Lipinski definition) is 3. The third-order valence-electron chi connectivity index (χ3n) is 1.96. The molecule has 1 rings (SSSR count). The van der Waals surface area contributed by atoms with E-state index in [1.807, 2.05) is 13.8 Å². The quantitative estimate of drug-likeness (QED) is 0.715. The van der Waals surface area contributed by atoms with Crippen LogP contribution in [0.3, 0.4) is 0 Å². The molecule has 6 heteroatoms. The molecule has 0 aromatic carbocycles. The van der Waals surface area contributed by atoms with Gasteiger partial charge in [0.2, 0.25) is 0 Å². The summed E-state index contributed by atoms with van der Waals surface area (Å²) in [6, 6.07) is 1.56. The second-order valence-corrected chi connectivity index (χ2v) is 3.94.